The van der Waals surface area contributed by atoms with Gasteiger partial charge in [0, 0.05) is 18.1 Å². The van der Waals surface area contributed by atoms with Gasteiger partial charge in [0.1, 0.15) is 0 Å². The second kappa shape index (κ2) is 4.38. The fourth-order valence-corrected chi connectivity index (χ4v) is 1.08. The van der Waals surface area contributed by atoms with E-state index in [1.165, 1.54) is 0 Å². The van der Waals surface area contributed by atoms with Crippen molar-refractivity contribution in [1.82, 2.24) is 4.73 Å². The largest absolute Gasteiger partial charge is 0.427 e. The molecule has 0 bridgehead atoms. The van der Waals surface area contributed by atoms with Gasteiger partial charge in [-0.25, -0.2) is 0 Å². The molecule has 0 unspecified atom stereocenters. The molecule has 5 heteroatoms. The summed E-state index contributed by atoms with van der Waals surface area (Å²) in [7, 11) is 1.60. The van der Waals surface area contributed by atoms with Crippen LogP contribution in [-0.2, 0) is 0 Å². The summed E-state index contributed by atoms with van der Waals surface area (Å²) in [6.07, 6.45) is 0. The molecule has 0 aromatic carbocycles. The predicted molar refractivity (Wildman–Crippen MR) is 50.1 cm³/mol. The van der Waals surface area contributed by atoms with Crippen molar-refractivity contribution in [3.8, 4) is 0 Å². The van der Waals surface area contributed by atoms with Gasteiger partial charge in [0.25, 0.3) is 0 Å². The van der Waals surface area contributed by atoms with Crippen molar-refractivity contribution < 1.29 is 5.21 Å². The van der Waals surface area contributed by atoms with Crippen molar-refractivity contribution in [3.63, 3.8) is 0 Å². The average molecular weight is 209 g/mol. The summed E-state index contributed by atoms with van der Waals surface area (Å²) in [6, 6.07) is 3.25. The summed E-state index contributed by atoms with van der Waals surface area (Å²) >= 11 is 5.72. The Hall–Kier alpha value is -0.670. The lowest BCUT2D eigenvalue weighted by Gasteiger charge is -2.02. The van der Waals surface area contributed by atoms with Gasteiger partial charge in [0.05, 0.1) is 5.69 Å². The second-order valence-corrected chi connectivity index (χ2v) is 2.64. The Kier molecular flexibility index (Phi) is 4.13. The number of hydrogen-bond acceptors (Lipinski definition) is 2. The molecule has 12 heavy (non-hydrogen) atoms. The molecule has 0 aliphatic carbocycles. The zero-order valence-electron chi connectivity index (χ0n) is 6.78. The third-order valence-corrected chi connectivity index (χ3v) is 1.61. The molecule has 68 valence electrons. The van der Waals surface area contributed by atoms with Gasteiger partial charge in [0.15, 0.2) is 5.49 Å². The van der Waals surface area contributed by atoms with Gasteiger partial charge < -0.3 is 5.21 Å². The number of halogens is 2. The van der Waals surface area contributed by atoms with Gasteiger partial charge in [0.2, 0.25) is 0 Å². The topological polar surface area (TPSA) is 37.5 Å². The lowest BCUT2D eigenvalue weighted by atomic mass is 10.4. The highest BCUT2D eigenvalue weighted by atomic mass is 35.5. The van der Waals surface area contributed by atoms with Crippen LogP contribution in [0.25, 0.3) is 0 Å². The van der Waals surface area contributed by atoms with Crippen molar-refractivity contribution in [2.24, 2.45) is 4.99 Å². The van der Waals surface area contributed by atoms with Crippen LogP contribution in [0.15, 0.2) is 17.1 Å². The Balaban J connectivity index is 0.00000121. The Morgan fingerprint density at radius 1 is 1.50 bits per heavy atom. The lowest BCUT2D eigenvalue weighted by molar-refractivity contribution is 0.165. The highest BCUT2D eigenvalue weighted by Crippen LogP contribution is 2.05. The minimum Gasteiger partial charge on any atom is -0.427 e. The first-order valence-electron chi connectivity index (χ1n) is 3.16. The first-order chi connectivity index (χ1) is 5.15. The van der Waals surface area contributed by atoms with Crippen LogP contribution in [0.4, 0.5) is 0 Å². The molecule has 0 aliphatic heterocycles. The zero-order valence-corrected chi connectivity index (χ0v) is 8.35. The number of rotatable bonds is 0. The first kappa shape index (κ1) is 11.3. The monoisotopic (exact) mass is 208 g/mol. The molecule has 0 fully saturated rings. The standard InChI is InChI=1S/C7H9ClN2O.ClH/c1-5-3-6(8)4-7(9-2)10(5)11;/h3-4,11H,1-2H3;1H. The van der Waals surface area contributed by atoms with Crippen molar-refractivity contribution in [1.29, 1.82) is 0 Å². The smallest absolute Gasteiger partial charge is 0.164 e. The van der Waals surface area contributed by atoms with Gasteiger partial charge in [-0.1, -0.05) is 11.6 Å². The summed E-state index contributed by atoms with van der Waals surface area (Å²) < 4.78 is 0.992. The van der Waals surface area contributed by atoms with E-state index < -0.39 is 0 Å². The van der Waals surface area contributed by atoms with Crippen LogP contribution in [0.3, 0.4) is 0 Å². The fraction of sp³-hybridized carbons (Fsp3) is 0.286. The van der Waals surface area contributed by atoms with Crippen LogP contribution in [0.1, 0.15) is 5.69 Å². The van der Waals surface area contributed by atoms with Crippen molar-refractivity contribution in [3.05, 3.63) is 28.3 Å². The maximum Gasteiger partial charge on any atom is 0.164 e. The molecule has 0 saturated carbocycles. The summed E-state index contributed by atoms with van der Waals surface area (Å²) in [5.74, 6) is 0. The van der Waals surface area contributed by atoms with E-state index in [1.54, 1.807) is 26.1 Å². The van der Waals surface area contributed by atoms with E-state index in [1.807, 2.05) is 0 Å². The number of pyridine rings is 1. The van der Waals surface area contributed by atoms with Crippen LogP contribution in [-0.4, -0.2) is 17.0 Å². The quantitative estimate of drug-likeness (QED) is 0.648. The van der Waals surface area contributed by atoms with Crippen molar-refractivity contribution in [2.45, 2.75) is 6.92 Å². The molecule has 1 aromatic rings. The minimum atomic E-state index is 0. The van der Waals surface area contributed by atoms with Crippen LogP contribution < -0.4 is 5.49 Å². The summed E-state index contributed by atoms with van der Waals surface area (Å²) in [5, 5.41) is 9.86. The molecule has 0 atom stereocenters. The van der Waals surface area contributed by atoms with Crippen LogP contribution in [0.2, 0.25) is 5.02 Å². The third kappa shape index (κ3) is 2.16. The number of aryl methyl sites for hydroxylation is 1. The zero-order chi connectivity index (χ0) is 8.43. The third-order valence-electron chi connectivity index (χ3n) is 1.39. The molecule has 3 nitrogen and oxygen atoms in total. The first-order valence-corrected chi connectivity index (χ1v) is 3.54. The molecular formula is C7H10Cl2N2O. The van der Waals surface area contributed by atoms with Gasteiger partial charge in [-0.15, -0.1) is 12.4 Å². The molecule has 0 aliphatic rings. The van der Waals surface area contributed by atoms with E-state index in [2.05, 4.69) is 4.99 Å². The highest BCUT2D eigenvalue weighted by Gasteiger charge is 1.96. The van der Waals surface area contributed by atoms with E-state index in [4.69, 9.17) is 11.6 Å². The van der Waals surface area contributed by atoms with Gasteiger partial charge in [-0.3, -0.25) is 4.99 Å². The molecule has 1 rings (SSSR count). The molecule has 1 aromatic heterocycles. The maximum absolute atomic E-state index is 9.29. The Morgan fingerprint density at radius 3 is 2.58 bits per heavy atom. The van der Waals surface area contributed by atoms with E-state index >= 15 is 0 Å². The van der Waals surface area contributed by atoms with Crippen molar-refractivity contribution >= 4 is 24.0 Å². The summed E-state index contributed by atoms with van der Waals surface area (Å²) in [5.41, 5.74) is 1.12. The molecule has 0 radical (unpaired) electrons. The molecule has 1 N–H and O–H groups in total. The highest BCUT2D eigenvalue weighted by molar-refractivity contribution is 6.30. The number of aromatic nitrogens is 1. The van der Waals surface area contributed by atoms with Gasteiger partial charge in [-0.2, -0.15) is 4.73 Å². The second-order valence-electron chi connectivity index (χ2n) is 2.21. The number of nitrogens with zero attached hydrogens (tertiary/aromatic N) is 2. The molecule has 1 heterocycles. The van der Waals surface area contributed by atoms with E-state index in [0.29, 0.717) is 16.2 Å². The average Bonchev–Trinajstić information content (AvgIpc) is 1.96. The lowest BCUT2D eigenvalue weighted by Crippen LogP contribution is -2.20. The molecule has 0 amide bonds. The van der Waals surface area contributed by atoms with E-state index in [9.17, 15) is 5.21 Å². The summed E-state index contributed by atoms with van der Waals surface area (Å²) in [6.45, 7) is 1.75. The van der Waals surface area contributed by atoms with Gasteiger partial charge in [-0.05, 0) is 13.0 Å². The predicted octanol–water partition coefficient (Wildman–Crippen LogP) is 1.64. The van der Waals surface area contributed by atoms with Crippen molar-refractivity contribution in [2.75, 3.05) is 7.05 Å². The normalized spacial score (nSPS) is 11.1. The Labute approximate surface area is 81.7 Å². The SMILES string of the molecule is CN=c1cc(Cl)cc(C)n1O.Cl. The van der Waals surface area contributed by atoms with Crippen LogP contribution in [0.5, 0.6) is 0 Å². The van der Waals surface area contributed by atoms with E-state index in [0.717, 1.165) is 4.73 Å². The molecule has 0 spiro atoms. The van der Waals surface area contributed by atoms with Gasteiger partial charge >= 0.3 is 0 Å². The molecule has 0 saturated heterocycles. The fourth-order valence-electron chi connectivity index (χ4n) is 0.827. The van der Waals surface area contributed by atoms with Crippen LogP contribution in [0, 0.1) is 6.92 Å². The van der Waals surface area contributed by atoms with Crippen LogP contribution >= 0.6 is 24.0 Å². The molecular weight excluding hydrogens is 199 g/mol. The Bertz CT molecular complexity index is 333. The van der Waals surface area contributed by atoms with E-state index in [-0.39, 0.29) is 12.4 Å². The Morgan fingerprint density at radius 2 is 2.08 bits per heavy atom. The maximum atomic E-state index is 9.29. The summed E-state index contributed by atoms with van der Waals surface area (Å²) in [4.78, 5) is 3.82. The minimum absolute atomic E-state index is 0. The number of hydrogen-bond donors (Lipinski definition) is 1.